The third kappa shape index (κ3) is 2.53. The summed E-state index contributed by atoms with van der Waals surface area (Å²) in [5.41, 5.74) is 4.93. The molecule has 0 spiro atoms. The Morgan fingerprint density at radius 3 is 2.55 bits per heavy atom. The lowest BCUT2D eigenvalue weighted by Gasteiger charge is -2.15. The van der Waals surface area contributed by atoms with Crippen molar-refractivity contribution in [2.45, 2.75) is 24.2 Å². The molecule has 0 heterocycles. The van der Waals surface area contributed by atoms with Gasteiger partial charge in [-0.3, -0.25) is 0 Å². The van der Waals surface area contributed by atoms with Crippen LogP contribution in [0.3, 0.4) is 0 Å². The summed E-state index contributed by atoms with van der Waals surface area (Å²) in [5, 5.41) is 0. The second-order valence-corrected chi connectivity index (χ2v) is 6.15. The molecule has 0 radical (unpaired) electrons. The molecule has 2 aromatic rings. The van der Waals surface area contributed by atoms with E-state index >= 15 is 0 Å². The maximum Gasteiger partial charge on any atom is 0.123 e. The number of allylic oxidation sites excluding steroid dienone is 1. The zero-order chi connectivity index (χ0) is 14.1. The van der Waals surface area contributed by atoms with Gasteiger partial charge in [0.15, 0.2) is 0 Å². The van der Waals surface area contributed by atoms with Crippen LogP contribution in [-0.2, 0) is 6.42 Å². The molecule has 0 saturated heterocycles. The highest BCUT2D eigenvalue weighted by atomic mass is 32.2. The van der Waals surface area contributed by atoms with E-state index in [2.05, 4.69) is 43.5 Å². The van der Waals surface area contributed by atoms with Gasteiger partial charge in [-0.1, -0.05) is 29.8 Å². The van der Waals surface area contributed by atoms with Gasteiger partial charge in [0.25, 0.3) is 0 Å². The Kier molecular flexibility index (Phi) is 3.66. The molecular weight excluding hydrogens is 267 g/mol. The van der Waals surface area contributed by atoms with Crippen molar-refractivity contribution in [2.24, 2.45) is 0 Å². The third-order valence-electron chi connectivity index (χ3n) is 3.96. The molecule has 1 aliphatic carbocycles. The first kappa shape index (κ1) is 13.4. The van der Waals surface area contributed by atoms with Crippen LogP contribution in [0.2, 0.25) is 0 Å². The number of hydrogen-bond acceptors (Lipinski definition) is 1. The second-order valence-electron chi connectivity index (χ2n) is 5.27. The SMILES string of the molecule is CSc1ccc(C[C@@H]2C(C)=Cc3cc(F)ccc32)cc1. The Morgan fingerprint density at radius 2 is 1.85 bits per heavy atom. The zero-order valence-corrected chi connectivity index (χ0v) is 12.5. The first-order chi connectivity index (χ1) is 9.67. The summed E-state index contributed by atoms with van der Waals surface area (Å²) in [6, 6.07) is 13.9. The summed E-state index contributed by atoms with van der Waals surface area (Å²) in [7, 11) is 0. The van der Waals surface area contributed by atoms with E-state index in [1.807, 2.05) is 6.07 Å². The van der Waals surface area contributed by atoms with E-state index in [0.717, 1.165) is 12.0 Å². The zero-order valence-electron chi connectivity index (χ0n) is 11.7. The molecule has 3 rings (SSSR count). The Bertz CT molecular complexity index is 656. The molecule has 0 nitrogen and oxygen atoms in total. The third-order valence-corrected chi connectivity index (χ3v) is 4.70. The molecule has 0 aliphatic heterocycles. The van der Waals surface area contributed by atoms with Crippen LogP contribution in [0.1, 0.15) is 29.5 Å². The van der Waals surface area contributed by atoms with Crippen molar-refractivity contribution >= 4 is 17.8 Å². The predicted molar refractivity (Wildman–Crippen MR) is 84.7 cm³/mol. The van der Waals surface area contributed by atoms with Crippen molar-refractivity contribution < 1.29 is 4.39 Å². The first-order valence-electron chi connectivity index (χ1n) is 6.78. The number of rotatable bonds is 3. The van der Waals surface area contributed by atoms with E-state index in [1.54, 1.807) is 23.9 Å². The molecule has 0 bridgehead atoms. The minimum atomic E-state index is -0.155. The Labute approximate surface area is 123 Å². The van der Waals surface area contributed by atoms with Crippen molar-refractivity contribution in [3.63, 3.8) is 0 Å². The molecule has 0 unspecified atom stereocenters. The fraction of sp³-hybridized carbons (Fsp3) is 0.222. The number of thioether (sulfide) groups is 1. The van der Waals surface area contributed by atoms with Gasteiger partial charge in [-0.25, -0.2) is 4.39 Å². The average Bonchev–Trinajstić information content (AvgIpc) is 2.75. The summed E-state index contributed by atoms with van der Waals surface area (Å²) >= 11 is 1.76. The first-order valence-corrected chi connectivity index (χ1v) is 8.00. The van der Waals surface area contributed by atoms with Crippen LogP contribution in [0.4, 0.5) is 4.39 Å². The van der Waals surface area contributed by atoms with Crippen LogP contribution in [-0.4, -0.2) is 6.26 Å². The van der Waals surface area contributed by atoms with Crippen LogP contribution >= 0.6 is 11.8 Å². The highest BCUT2D eigenvalue weighted by Crippen LogP contribution is 2.38. The van der Waals surface area contributed by atoms with Gasteiger partial charge in [0.2, 0.25) is 0 Å². The van der Waals surface area contributed by atoms with Crippen LogP contribution in [0.25, 0.3) is 6.08 Å². The summed E-state index contributed by atoms with van der Waals surface area (Å²) in [5.74, 6) is 0.225. The summed E-state index contributed by atoms with van der Waals surface area (Å²) < 4.78 is 13.3. The highest BCUT2D eigenvalue weighted by molar-refractivity contribution is 7.98. The van der Waals surface area contributed by atoms with Crippen molar-refractivity contribution in [1.82, 2.24) is 0 Å². The summed E-state index contributed by atoms with van der Waals surface area (Å²) in [6.07, 6.45) is 5.18. The van der Waals surface area contributed by atoms with Gasteiger partial charge in [-0.15, -0.1) is 11.8 Å². The smallest absolute Gasteiger partial charge is 0.123 e. The second kappa shape index (κ2) is 5.45. The molecule has 0 saturated carbocycles. The lowest BCUT2D eigenvalue weighted by atomic mass is 9.90. The van der Waals surface area contributed by atoms with Crippen molar-refractivity contribution in [3.8, 4) is 0 Å². The highest BCUT2D eigenvalue weighted by Gasteiger charge is 2.22. The number of halogens is 1. The fourth-order valence-electron chi connectivity index (χ4n) is 2.85. The van der Waals surface area contributed by atoms with E-state index in [9.17, 15) is 4.39 Å². The van der Waals surface area contributed by atoms with Gasteiger partial charge in [-0.2, -0.15) is 0 Å². The van der Waals surface area contributed by atoms with Crippen molar-refractivity contribution in [2.75, 3.05) is 6.26 Å². The van der Waals surface area contributed by atoms with E-state index in [4.69, 9.17) is 0 Å². The van der Waals surface area contributed by atoms with E-state index < -0.39 is 0 Å². The molecule has 0 fully saturated rings. The normalized spacial score (nSPS) is 16.9. The molecule has 0 amide bonds. The molecular formula is C18H17FS. The summed E-state index contributed by atoms with van der Waals surface area (Å²) in [4.78, 5) is 1.29. The van der Waals surface area contributed by atoms with Gasteiger partial charge in [0.05, 0.1) is 0 Å². The van der Waals surface area contributed by atoms with Crippen molar-refractivity contribution in [3.05, 3.63) is 70.5 Å². The van der Waals surface area contributed by atoms with Crippen LogP contribution in [0.5, 0.6) is 0 Å². The molecule has 0 N–H and O–H groups in total. The molecule has 0 aromatic heterocycles. The van der Waals surface area contributed by atoms with E-state index in [-0.39, 0.29) is 5.82 Å². The Hall–Kier alpha value is -1.54. The maximum atomic E-state index is 13.3. The largest absolute Gasteiger partial charge is 0.207 e. The fourth-order valence-corrected chi connectivity index (χ4v) is 3.26. The summed E-state index contributed by atoms with van der Waals surface area (Å²) in [6.45, 7) is 2.14. The van der Waals surface area contributed by atoms with Gasteiger partial charge in [0, 0.05) is 10.8 Å². The number of fused-ring (bicyclic) bond motifs is 1. The van der Waals surface area contributed by atoms with Gasteiger partial charge in [0.1, 0.15) is 5.82 Å². The lowest BCUT2D eigenvalue weighted by Crippen LogP contribution is -2.02. The van der Waals surface area contributed by atoms with Gasteiger partial charge in [-0.05, 0) is 60.6 Å². The molecule has 1 atom stereocenters. The van der Waals surface area contributed by atoms with Crippen LogP contribution < -0.4 is 0 Å². The van der Waals surface area contributed by atoms with Gasteiger partial charge < -0.3 is 0 Å². The van der Waals surface area contributed by atoms with Gasteiger partial charge >= 0.3 is 0 Å². The van der Waals surface area contributed by atoms with E-state index in [1.165, 1.54) is 21.6 Å². The molecule has 2 heteroatoms. The van der Waals surface area contributed by atoms with Crippen LogP contribution in [0.15, 0.2) is 52.9 Å². The molecule has 1 aliphatic rings. The molecule has 2 aromatic carbocycles. The minimum Gasteiger partial charge on any atom is -0.207 e. The van der Waals surface area contributed by atoms with Crippen molar-refractivity contribution in [1.29, 1.82) is 0 Å². The Balaban J connectivity index is 1.86. The predicted octanol–water partition coefficient (Wildman–Crippen LogP) is 5.29. The quantitative estimate of drug-likeness (QED) is 0.690. The number of hydrogen-bond donors (Lipinski definition) is 0. The monoisotopic (exact) mass is 284 g/mol. The molecule has 20 heavy (non-hydrogen) atoms. The Morgan fingerprint density at radius 1 is 1.10 bits per heavy atom. The lowest BCUT2D eigenvalue weighted by molar-refractivity contribution is 0.626. The minimum absolute atomic E-state index is 0.155. The van der Waals surface area contributed by atoms with E-state index in [0.29, 0.717) is 5.92 Å². The standard InChI is InChI=1S/C18H17FS/c1-12-9-14-11-15(19)5-8-17(14)18(12)10-13-3-6-16(20-2)7-4-13/h3-9,11,18H,10H2,1-2H3/t18-/m1/s1. The number of benzene rings is 2. The van der Waals surface area contributed by atoms with Crippen LogP contribution in [0, 0.1) is 5.82 Å². The molecule has 102 valence electrons. The topological polar surface area (TPSA) is 0 Å². The average molecular weight is 284 g/mol. The maximum absolute atomic E-state index is 13.3.